The molecule has 2 rings (SSSR count). The van der Waals surface area contributed by atoms with Gasteiger partial charge in [0.1, 0.15) is 0 Å². The molecule has 88 valence electrons. The number of hydrogen-bond acceptors (Lipinski definition) is 4. The molecule has 1 N–H and O–H groups in total. The molecule has 0 bridgehead atoms. The van der Waals surface area contributed by atoms with Crippen LogP contribution in [0.15, 0.2) is 24.2 Å². The lowest BCUT2D eigenvalue weighted by molar-refractivity contribution is -0.117. The zero-order valence-electron chi connectivity index (χ0n) is 9.61. The molecule has 0 unspecified atom stereocenters. The number of pyridine rings is 1. The summed E-state index contributed by atoms with van der Waals surface area (Å²) in [5.74, 6) is 0.354. The molecule has 4 nitrogen and oxygen atoms in total. The third-order valence-electron chi connectivity index (χ3n) is 2.46. The van der Waals surface area contributed by atoms with Gasteiger partial charge in [-0.2, -0.15) is 0 Å². The number of nitrogens with one attached hydrogen (secondary N) is 1. The van der Waals surface area contributed by atoms with Crippen LogP contribution in [0.5, 0.6) is 0 Å². The minimum atomic E-state index is -0.0223. The Balaban J connectivity index is 2.51. The van der Waals surface area contributed by atoms with Crippen molar-refractivity contribution in [3.8, 4) is 0 Å². The molecule has 0 fully saturated rings. The third kappa shape index (κ3) is 2.39. The number of carbonyl (C=O) groups is 2. The van der Waals surface area contributed by atoms with Crippen molar-refractivity contribution in [1.29, 1.82) is 0 Å². The topological polar surface area (TPSA) is 59.1 Å². The first-order chi connectivity index (χ1) is 8.09. The molecule has 5 heteroatoms. The average Bonchev–Trinajstić information content (AvgIpc) is 2.29. The predicted octanol–water partition coefficient (Wildman–Crippen LogP) is 1.84. The monoisotopic (exact) mass is 248 g/mol. The summed E-state index contributed by atoms with van der Waals surface area (Å²) in [4.78, 5) is 27.6. The van der Waals surface area contributed by atoms with Gasteiger partial charge in [0.2, 0.25) is 5.91 Å². The highest BCUT2D eigenvalue weighted by Gasteiger charge is 2.20. The highest BCUT2D eigenvalue weighted by atomic mass is 32.2. The van der Waals surface area contributed by atoms with E-state index < -0.39 is 0 Å². The highest BCUT2D eigenvalue weighted by molar-refractivity contribution is 8.09. The maximum Gasteiger partial charge on any atom is 0.234 e. The maximum atomic E-state index is 11.5. The van der Waals surface area contributed by atoms with Crippen molar-refractivity contribution in [2.75, 3.05) is 5.75 Å². The van der Waals surface area contributed by atoms with Crippen LogP contribution in [-0.4, -0.2) is 22.4 Å². The van der Waals surface area contributed by atoms with Gasteiger partial charge in [-0.25, -0.2) is 0 Å². The summed E-state index contributed by atoms with van der Waals surface area (Å²) in [6.07, 6.45) is 3.22. The molecule has 17 heavy (non-hydrogen) atoms. The fourth-order valence-electron chi connectivity index (χ4n) is 1.70. The first-order valence-electron chi connectivity index (χ1n) is 5.18. The number of aromatic nitrogens is 1. The third-order valence-corrected chi connectivity index (χ3v) is 3.68. The maximum absolute atomic E-state index is 11.5. The SMILES string of the molecule is CC(=O)c1cnccc1C1=C(C)NC(=O)CS1. The zero-order chi connectivity index (χ0) is 12.4. The molecule has 1 aliphatic heterocycles. The lowest BCUT2D eigenvalue weighted by Gasteiger charge is -2.19. The van der Waals surface area contributed by atoms with Gasteiger partial charge in [-0.15, -0.1) is 11.8 Å². The van der Waals surface area contributed by atoms with Gasteiger partial charge in [0, 0.05) is 34.1 Å². The Kier molecular flexibility index (Phi) is 3.28. The van der Waals surface area contributed by atoms with Gasteiger partial charge >= 0.3 is 0 Å². The summed E-state index contributed by atoms with van der Waals surface area (Å²) in [7, 11) is 0. The van der Waals surface area contributed by atoms with E-state index in [0.29, 0.717) is 11.3 Å². The summed E-state index contributed by atoms with van der Waals surface area (Å²) >= 11 is 1.45. The van der Waals surface area contributed by atoms with Gasteiger partial charge in [0.05, 0.1) is 5.75 Å². The van der Waals surface area contributed by atoms with Gasteiger partial charge in [0.25, 0.3) is 0 Å². The smallest absolute Gasteiger partial charge is 0.234 e. The number of nitrogens with zero attached hydrogens (tertiary/aromatic N) is 1. The second kappa shape index (κ2) is 4.71. The van der Waals surface area contributed by atoms with Crippen molar-refractivity contribution in [3.05, 3.63) is 35.3 Å². The number of carbonyl (C=O) groups excluding carboxylic acids is 2. The largest absolute Gasteiger partial charge is 0.328 e. The number of Topliss-reactive ketones (excluding diaryl/α,β-unsaturated/α-hetero) is 1. The average molecular weight is 248 g/mol. The molecule has 0 aromatic carbocycles. The van der Waals surface area contributed by atoms with Crippen molar-refractivity contribution in [2.24, 2.45) is 0 Å². The van der Waals surface area contributed by atoms with Crippen molar-refractivity contribution < 1.29 is 9.59 Å². The van der Waals surface area contributed by atoms with E-state index in [1.807, 2.05) is 6.92 Å². The van der Waals surface area contributed by atoms with Crippen molar-refractivity contribution in [1.82, 2.24) is 10.3 Å². The van der Waals surface area contributed by atoms with Gasteiger partial charge in [0.15, 0.2) is 5.78 Å². The van der Waals surface area contributed by atoms with Crippen molar-refractivity contribution in [3.63, 3.8) is 0 Å². The molecular formula is C12H12N2O2S. The summed E-state index contributed by atoms with van der Waals surface area (Å²) < 4.78 is 0. The van der Waals surface area contributed by atoms with Crippen LogP contribution in [0.3, 0.4) is 0 Å². The van der Waals surface area contributed by atoms with Crippen LogP contribution in [0.1, 0.15) is 29.8 Å². The molecule has 0 saturated heterocycles. The summed E-state index contributed by atoms with van der Waals surface area (Å²) in [6.45, 7) is 3.35. The zero-order valence-corrected chi connectivity index (χ0v) is 10.4. The van der Waals surface area contributed by atoms with E-state index in [2.05, 4.69) is 10.3 Å². The molecule has 0 spiro atoms. The molecular weight excluding hydrogens is 236 g/mol. The van der Waals surface area contributed by atoms with Crippen molar-refractivity contribution in [2.45, 2.75) is 13.8 Å². The summed E-state index contributed by atoms with van der Waals surface area (Å²) in [6, 6.07) is 1.81. The predicted molar refractivity (Wildman–Crippen MR) is 67.4 cm³/mol. The van der Waals surface area contributed by atoms with Gasteiger partial charge < -0.3 is 5.32 Å². The summed E-state index contributed by atoms with van der Waals surface area (Å²) in [5.41, 5.74) is 2.22. The fourth-order valence-corrected chi connectivity index (χ4v) is 2.65. The Morgan fingerprint density at radius 2 is 2.29 bits per heavy atom. The Morgan fingerprint density at radius 3 is 2.94 bits per heavy atom. The second-order valence-corrected chi connectivity index (χ2v) is 4.75. The summed E-state index contributed by atoms with van der Waals surface area (Å²) in [5, 5.41) is 2.78. The van der Waals surface area contributed by atoms with Crippen LogP contribution in [0, 0.1) is 0 Å². The van der Waals surface area contributed by atoms with E-state index in [1.165, 1.54) is 18.7 Å². The molecule has 1 amide bonds. The number of ketones is 1. The molecule has 0 atom stereocenters. The minimum absolute atomic E-state index is 0.00492. The first-order valence-corrected chi connectivity index (χ1v) is 6.17. The van der Waals surface area contributed by atoms with E-state index >= 15 is 0 Å². The molecule has 0 radical (unpaired) electrons. The Labute approximate surface area is 104 Å². The number of rotatable bonds is 2. The lowest BCUT2D eigenvalue weighted by atomic mass is 10.1. The normalized spacial score (nSPS) is 15.8. The second-order valence-electron chi connectivity index (χ2n) is 3.77. The van der Waals surface area contributed by atoms with Crippen LogP contribution in [-0.2, 0) is 4.79 Å². The highest BCUT2D eigenvalue weighted by Crippen LogP contribution is 2.34. The Bertz CT molecular complexity index is 523. The molecule has 0 saturated carbocycles. The van der Waals surface area contributed by atoms with Crippen LogP contribution < -0.4 is 5.32 Å². The number of allylic oxidation sites excluding steroid dienone is 1. The molecule has 2 heterocycles. The van der Waals surface area contributed by atoms with E-state index in [4.69, 9.17) is 0 Å². The van der Waals surface area contributed by atoms with Gasteiger partial charge in [-0.3, -0.25) is 14.6 Å². The van der Waals surface area contributed by atoms with Gasteiger partial charge in [-0.05, 0) is 19.9 Å². The number of amides is 1. The van der Waals surface area contributed by atoms with E-state index in [9.17, 15) is 9.59 Å². The van der Waals surface area contributed by atoms with E-state index in [0.717, 1.165) is 16.2 Å². The number of hydrogen-bond donors (Lipinski definition) is 1. The van der Waals surface area contributed by atoms with E-state index in [1.54, 1.807) is 18.5 Å². The van der Waals surface area contributed by atoms with Crippen molar-refractivity contribution >= 4 is 28.4 Å². The lowest BCUT2D eigenvalue weighted by Crippen LogP contribution is -2.27. The minimum Gasteiger partial charge on any atom is -0.328 e. The van der Waals surface area contributed by atoms with Crippen LogP contribution in [0.25, 0.3) is 4.91 Å². The van der Waals surface area contributed by atoms with Crippen LogP contribution >= 0.6 is 11.8 Å². The van der Waals surface area contributed by atoms with Crippen LogP contribution in [0.4, 0.5) is 0 Å². The Hall–Kier alpha value is -1.62. The Morgan fingerprint density at radius 1 is 1.53 bits per heavy atom. The molecule has 1 aromatic heterocycles. The number of thioether (sulfide) groups is 1. The standard InChI is InChI=1S/C12H12N2O2S/c1-7-12(17-6-11(16)14-7)9-3-4-13-5-10(9)8(2)15/h3-5H,6H2,1-2H3,(H,14,16). The fraction of sp³-hybridized carbons (Fsp3) is 0.250. The quantitative estimate of drug-likeness (QED) is 0.811. The molecule has 1 aromatic rings. The van der Waals surface area contributed by atoms with Gasteiger partial charge in [-0.1, -0.05) is 0 Å². The molecule has 1 aliphatic rings. The first kappa shape index (κ1) is 11.9. The van der Waals surface area contributed by atoms with Crippen LogP contribution in [0.2, 0.25) is 0 Å². The molecule has 0 aliphatic carbocycles. The van der Waals surface area contributed by atoms with E-state index in [-0.39, 0.29) is 11.7 Å².